The first-order valence-electron chi connectivity index (χ1n) is 14.5. The Bertz CT molecular complexity index is 1520. The van der Waals surface area contributed by atoms with Crippen molar-refractivity contribution >= 4 is 39.1 Å². The number of aryl methyl sites for hydroxylation is 2. The van der Waals surface area contributed by atoms with Crippen LogP contribution in [0.4, 0.5) is 5.69 Å². The molecule has 1 saturated carbocycles. The lowest BCUT2D eigenvalue weighted by Crippen LogP contribution is -2.53. The number of carbonyl (C=O) groups is 2. The second-order valence-corrected chi connectivity index (χ2v) is 13.3. The summed E-state index contributed by atoms with van der Waals surface area (Å²) in [6.45, 7) is 7.09. The normalized spacial score (nSPS) is 14.4. The highest BCUT2D eigenvalue weighted by molar-refractivity contribution is 7.92. The molecule has 0 spiro atoms. The van der Waals surface area contributed by atoms with Gasteiger partial charge in [0.25, 0.3) is 10.0 Å². The standard InChI is InChI=1S/C33H40ClN3O4S/c1-5-30(33(39)35-27-13-7-8-14-27)36(21-26-12-6-9-15-29(26)34)32(38)22-37(31-16-10-11-24(3)25(31)4)42(40,41)28-19-17-23(2)18-20-28/h6,9-12,15-20,27,30H,5,7-8,13-14,21-22H2,1-4H3,(H,35,39)/t30-/m0/s1. The van der Waals surface area contributed by atoms with Crippen molar-refractivity contribution in [2.45, 2.75) is 83.3 Å². The molecule has 9 heteroatoms. The van der Waals surface area contributed by atoms with Crippen LogP contribution in [0.25, 0.3) is 0 Å². The number of carbonyl (C=O) groups excluding carboxylic acids is 2. The van der Waals surface area contributed by atoms with Crippen molar-refractivity contribution < 1.29 is 18.0 Å². The summed E-state index contributed by atoms with van der Waals surface area (Å²) in [5.74, 6) is -0.718. The van der Waals surface area contributed by atoms with Gasteiger partial charge in [-0.2, -0.15) is 0 Å². The maximum atomic E-state index is 14.3. The molecule has 0 saturated heterocycles. The largest absolute Gasteiger partial charge is 0.352 e. The second kappa shape index (κ2) is 13.7. The molecular formula is C33H40ClN3O4S. The molecule has 0 radical (unpaired) electrons. The summed E-state index contributed by atoms with van der Waals surface area (Å²) in [6.07, 6.45) is 4.31. The third kappa shape index (κ3) is 7.16. The Morgan fingerprint density at radius 2 is 1.62 bits per heavy atom. The number of rotatable bonds is 11. The van der Waals surface area contributed by atoms with Crippen molar-refractivity contribution in [1.82, 2.24) is 10.2 Å². The average molecular weight is 610 g/mol. The van der Waals surface area contributed by atoms with Gasteiger partial charge >= 0.3 is 0 Å². The first-order valence-corrected chi connectivity index (χ1v) is 16.3. The molecule has 224 valence electrons. The predicted octanol–water partition coefficient (Wildman–Crippen LogP) is 6.33. The molecule has 0 heterocycles. The van der Waals surface area contributed by atoms with Crippen LogP contribution in [0.3, 0.4) is 0 Å². The Morgan fingerprint density at radius 3 is 2.26 bits per heavy atom. The molecule has 0 aliphatic heterocycles. The van der Waals surface area contributed by atoms with Crippen LogP contribution >= 0.6 is 11.6 Å². The van der Waals surface area contributed by atoms with Crippen molar-refractivity contribution in [3.05, 3.63) is 94.0 Å². The zero-order valence-corrected chi connectivity index (χ0v) is 26.3. The minimum absolute atomic E-state index is 0.0698. The van der Waals surface area contributed by atoms with Gasteiger partial charge in [-0.15, -0.1) is 0 Å². The summed E-state index contributed by atoms with van der Waals surface area (Å²) in [4.78, 5) is 29.5. The number of sulfonamides is 1. The molecule has 0 aromatic heterocycles. The summed E-state index contributed by atoms with van der Waals surface area (Å²) in [7, 11) is -4.13. The molecule has 4 rings (SSSR count). The quantitative estimate of drug-likeness (QED) is 0.275. The Morgan fingerprint density at radius 1 is 0.952 bits per heavy atom. The number of halogens is 1. The zero-order chi connectivity index (χ0) is 30.4. The lowest BCUT2D eigenvalue weighted by molar-refractivity contribution is -0.140. The van der Waals surface area contributed by atoms with Gasteiger partial charge in [-0.25, -0.2) is 8.42 Å². The van der Waals surface area contributed by atoms with E-state index in [-0.39, 0.29) is 23.4 Å². The van der Waals surface area contributed by atoms with Gasteiger partial charge in [0.05, 0.1) is 10.6 Å². The SMILES string of the molecule is CC[C@@H](C(=O)NC1CCCC1)N(Cc1ccccc1Cl)C(=O)CN(c1cccc(C)c1C)S(=O)(=O)c1ccc(C)cc1. The monoisotopic (exact) mass is 609 g/mol. The molecule has 1 aliphatic carbocycles. The van der Waals surface area contributed by atoms with Gasteiger partial charge in [-0.05, 0) is 81.0 Å². The molecule has 0 bridgehead atoms. The van der Waals surface area contributed by atoms with Gasteiger partial charge in [-0.1, -0.05) is 79.4 Å². The molecule has 3 aromatic rings. The number of nitrogens with one attached hydrogen (secondary N) is 1. The molecular weight excluding hydrogens is 570 g/mol. The number of anilines is 1. The number of benzene rings is 3. The summed E-state index contributed by atoms with van der Waals surface area (Å²) in [5, 5.41) is 3.60. The fourth-order valence-electron chi connectivity index (χ4n) is 5.45. The highest BCUT2D eigenvalue weighted by Crippen LogP contribution is 2.30. The highest BCUT2D eigenvalue weighted by Gasteiger charge is 2.35. The summed E-state index contributed by atoms with van der Waals surface area (Å²) >= 11 is 6.50. The summed E-state index contributed by atoms with van der Waals surface area (Å²) in [6, 6.07) is 18.5. The highest BCUT2D eigenvalue weighted by atomic mass is 35.5. The number of hydrogen-bond acceptors (Lipinski definition) is 4. The van der Waals surface area contributed by atoms with Crippen molar-refractivity contribution in [2.24, 2.45) is 0 Å². The van der Waals surface area contributed by atoms with Crippen LogP contribution in [0.1, 0.15) is 61.3 Å². The van der Waals surface area contributed by atoms with Gasteiger partial charge in [0.1, 0.15) is 12.6 Å². The maximum absolute atomic E-state index is 14.3. The van der Waals surface area contributed by atoms with E-state index in [4.69, 9.17) is 11.6 Å². The molecule has 0 unspecified atom stereocenters. The van der Waals surface area contributed by atoms with Crippen LogP contribution in [0.2, 0.25) is 5.02 Å². The molecule has 1 N–H and O–H groups in total. The molecule has 7 nitrogen and oxygen atoms in total. The fourth-order valence-corrected chi connectivity index (χ4v) is 7.12. The summed E-state index contributed by atoms with van der Waals surface area (Å²) in [5.41, 5.74) is 3.68. The van der Waals surface area contributed by atoms with E-state index in [1.54, 1.807) is 48.5 Å². The molecule has 2 amide bonds. The van der Waals surface area contributed by atoms with E-state index in [9.17, 15) is 18.0 Å². The Balaban J connectivity index is 1.75. The average Bonchev–Trinajstić information content (AvgIpc) is 3.47. The van der Waals surface area contributed by atoms with Gasteiger partial charge < -0.3 is 10.2 Å². The van der Waals surface area contributed by atoms with E-state index in [1.165, 1.54) is 9.21 Å². The van der Waals surface area contributed by atoms with Gasteiger partial charge in [0.2, 0.25) is 11.8 Å². The maximum Gasteiger partial charge on any atom is 0.264 e. The van der Waals surface area contributed by atoms with E-state index >= 15 is 0 Å². The number of nitrogens with zero attached hydrogens (tertiary/aromatic N) is 2. The van der Waals surface area contributed by atoms with Gasteiger partial charge in [-0.3, -0.25) is 13.9 Å². The third-order valence-corrected chi connectivity index (χ3v) is 10.3. The first kappa shape index (κ1) is 31.6. The third-order valence-electron chi connectivity index (χ3n) is 8.12. The minimum Gasteiger partial charge on any atom is -0.352 e. The molecule has 42 heavy (non-hydrogen) atoms. The Hall–Kier alpha value is -3.36. The second-order valence-electron chi connectivity index (χ2n) is 11.1. The molecule has 3 aromatic carbocycles. The van der Waals surface area contributed by atoms with Crippen LogP contribution in [0.15, 0.2) is 71.6 Å². The van der Waals surface area contributed by atoms with Crippen molar-refractivity contribution in [2.75, 3.05) is 10.8 Å². The molecule has 1 aliphatic rings. The van der Waals surface area contributed by atoms with Gasteiger partial charge in [0, 0.05) is 17.6 Å². The van der Waals surface area contributed by atoms with Crippen LogP contribution in [0.5, 0.6) is 0 Å². The topological polar surface area (TPSA) is 86.8 Å². The first-order chi connectivity index (χ1) is 20.0. The lowest BCUT2D eigenvalue weighted by atomic mass is 10.1. The van der Waals surface area contributed by atoms with Crippen LogP contribution in [-0.4, -0.2) is 43.8 Å². The van der Waals surface area contributed by atoms with Crippen molar-refractivity contribution in [3.63, 3.8) is 0 Å². The predicted molar refractivity (Wildman–Crippen MR) is 168 cm³/mol. The summed E-state index contributed by atoms with van der Waals surface area (Å²) < 4.78 is 29.4. The Kier molecular flexibility index (Phi) is 10.3. The molecule has 1 fully saturated rings. The van der Waals surface area contributed by atoms with E-state index in [1.807, 2.05) is 45.9 Å². The van der Waals surface area contributed by atoms with Crippen LogP contribution in [-0.2, 0) is 26.2 Å². The number of hydrogen-bond donors (Lipinski definition) is 1. The van der Waals surface area contributed by atoms with Gasteiger partial charge in [0.15, 0.2) is 0 Å². The van der Waals surface area contributed by atoms with Crippen LogP contribution in [0, 0.1) is 20.8 Å². The smallest absolute Gasteiger partial charge is 0.264 e. The van der Waals surface area contributed by atoms with Crippen molar-refractivity contribution in [3.8, 4) is 0 Å². The Labute approximate surface area is 254 Å². The van der Waals surface area contributed by atoms with Crippen molar-refractivity contribution in [1.29, 1.82) is 0 Å². The van der Waals surface area contributed by atoms with E-state index in [2.05, 4.69) is 5.32 Å². The zero-order valence-electron chi connectivity index (χ0n) is 24.8. The fraction of sp³-hybridized carbons (Fsp3) is 0.394. The number of amides is 2. The van der Waals surface area contributed by atoms with E-state index in [0.29, 0.717) is 22.7 Å². The van der Waals surface area contributed by atoms with E-state index < -0.39 is 28.5 Å². The minimum atomic E-state index is -4.13. The lowest BCUT2D eigenvalue weighted by Gasteiger charge is -2.34. The molecule has 1 atom stereocenters. The van der Waals surface area contributed by atoms with Crippen LogP contribution < -0.4 is 9.62 Å². The van der Waals surface area contributed by atoms with E-state index in [0.717, 1.165) is 42.4 Å².